The number of carbonyl (C=O) groups is 1. The van der Waals surface area contributed by atoms with Gasteiger partial charge in [-0.2, -0.15) is 0 Å². The maximum atomic E-state index is 14.1. The van der Waals surface area contributed by atoms with E-state index in [2.05, 4.69) is 9.97 Å². The molecule has 39 heavy (non-hydrogen) atoms. The molecule has 200 valence electrons. The Morgan fingerprint density at radius 1 is 0.846 bits per heavy atom. The number of aromatic hydroxyl groups is 2. The van der Waals surface area contributed by atoms with E-state index in [9.17, 15) is 18.7 Å². The summed E-state index contributed by atoms with van der Waals surface area (Å²) in [5, 5.41) is 23.7. The minimum Gasteiger partial charge on any atom is -0.508 e. The summed E-state index contributed by atoms with van der Waals surface area (Å²) < 4.78 is 32.8. The van der Waals surface area contributed by atoms with E-state index in [1.54, 1.807) is 53.1 Å². The van der Waals surface area contributed by atoms with Crippen LogP contribution < -0.4 is 10.5 Å². The Hall–Kier alpha value is -4.06. The Morgan fingerprint density at radius 2 is 1.36 bits per heavy atom. The van der Waals surface area contributed by atoms with Crippen molar-refractivity contribution >= 4 is 40.2 Å². The van der Waals surface area contributed by atoms with Crippen LogP contribution in [0.1, 0.15) is 21.7 Å². The number of carbonyl (C=O) groups excluding carboxylic acids is 1. The van der Waals surface area contributed by atoms with E-state index in [4.69, 9.17) is 27.2 Å². The lowest BCUT2D eigenvalue weighted by atomic mass is 10.1. The monoisotopic (exact) mass is 587 g/mol. The summed E-state index contributed by atoms with van der Waals surface area (Å²) in [4.78, 5) is 19.8. The predicted octanol–water partition coefficient (Wildman–Crippen LogP) is 6.73. The van der Waals surface area contributed by atoms with E-state index in [1.807, 2.05) is 17.5 Å². The molecule has 2 aromatic heterocycles. The summed E-state index contributed by atoms with van der Waals surface area (Å²) in [6, 6.07) is 15.5. The quantitative estimate of drug-likeness (QED) is 0.182. The third-order valence-electron chi connectivity index (χ3n) is 5.15. The van der Waals surface area contributed by atoms with E-state index in [-0.39, 0.29) is 23.9 Å². The van der Waals surface area contributed by atoms with Gasteiger partial charge in [0.1, 0.15) is 39.5 Å². The minimum absolute atomic E-state index is 0.0602. The van der Waals surface area contributed by atoms with Crippen LogP contribution in [0.3, 0.4) is 0 Å². The maximum Gasteiger partial charge on any atom is 0.254 e. The van der Waals surface area contributed by atoms with E-state index < -0.39 is 23.1 Å². The topological polar surface area (TPSA) is 119 Å². The highest BCUT2D eigenvalue weighted by atomic mass is 35.5. The SMILES string of the molecule is NC(=O)c1c(F)ccc(OCc2csc(-c3ccc(O)cc3)n2)c1F.Oc1ccc(-c2nc(CCl)cs2)cc1. The number of nitrogens with two attached hydrogens (primary N) is 1. The number of phenolic OH excluding ortho intramolecular Hbond substituents is 2. The third-order valence-corrected chi connectivity index (χ3v) is 7.30. The summed E-state index contributed by atoms with van der Waals surface area (Å²) >= 11 is 8.57. The van der Waals surface area contributed by atoms with E-state index in [0.29, 0.717) is 16.6 Å². The molecule has 0 bridgehead atoms. The van der Waals surface area contributed by atoms with Crippen molar-refractivity contribution in [1.82, 2.24) is 9.97 Å². The van der Waals surface area contributed by atoms with Gasteiger partial charge in [0, 0.05) is 21.9 Å². The first kappa shape index (κ1) is 28.0. The van der Waals surface area contributed by atoms with Crippen LogP contribution in [0.25, 0.3) is 21.1 Å². The number of thiazole rings is 2. The molecule has 0 aliphatic heterocycles. The fourth-order valence-corrected chi connectivity index (χ4v) is 5.10. The molecule has 0 spiro atoms. The molecule has 0 saturated carbocycles. The van der Waals surface area contributed by atoms with Crippen LogP contribution >= 0.6 is 34.3 Å². The lowest BCUT2D eigenvalue weighted by molar-refractivity contribution is 0.0991. The average molecular weight is 588 g/mol. The van der Waals surface area contributed by atoms with Gasteiger partial charge in [0.2, 0.25) is 0 Å². The summed E-state index contributed by atoms with van der Waals surface area (Å²) in [5.74, 6) is -2.81. The van der Waals surface area contributed by atoms with Gasteiger partial charge in [-0.15, -0.1) is 34.3 Å². The number of phenols is 2. The molecule has 5 rings (SSSR count). The van der Waals surface area contributed by atoms with Crippen molar-refractivity contribution in [3.63, 3.8) is 0 Å². The Balaban J connectivity index is 0.000000212. The molecule has 1 amide bonds. The van der Waals surface area contributed by atoms with Gasteiger partial charge in [-0.1, -0.05) is 0 Å². The summed E-state index contributed by atoms with van der Waals surface area (Å²) in [5.41, 5.74) is 7.38. The fourth-order valence-electron chi connectivity index (χ4n) is 3.24. The van der Waals surface area contributed by atoms with Crippen LogP contribution in [0.4, 0.5) is 8.78 Å². The van der Waals surface area contributed by atoms with Crippen molar-refractivity contribution in [2.45, 2.75) is 12.5 Å². The van der Waals surface area contributed by atoms with Gasteiger partial charge in [0.05, 0.1) is 17.3 Å². The van der Waals surface area contributed by atoms with Gasteiger partial charge in [0.15, 0.2) is 11.6 Å². The standard InChI is InChI=1S/C17H12F2N2O3S.C10H8ClNOS/c18-12-5-6-13(15(19)14(12)16(20)23)24-7-10-8-25-17(21-10)9-1-3-11(22)4-2-9;11-5-8-6-14-10(12-8)7-1-3-9(13)4-2-7/h1-6,8,22H,7H2,(H2,20,23);1-4,6,13H,5H2. The van der Waals surface area contributed by atoms with Gasteiger partial charge < -0.3 is 20.7 Å². The van der Waals surface area contributed by atoms with Crippen molar-refractivity contribution < 1.29 is 28.5 Å². The Morgan fingerprint density at radius 3 is 1.85 bits per heavy atom. The van der Waals surface area contributed by atoms with E-state index >= 15 is 0 Å². The molecule has 0 aliphatic rings. The van der Waals surface area contributed by atoms with Gasteiger partial charge in [-0.3, -0.25) is 4.79 Å². The molecule has 0 atom stereocenters. The number of hydrogen-bond donors (Lipinski definition) is 3. The molecule has 0 unspecified atom stereocenters. The van der Waals surface area contributed by atoms with E-state index in [0.717, 1.165) is 34.0 Å². The molecule has 7 nitrogen and oxygen atoms in total. The van der Waals surface area contributed by atoms with Crippen molar-refractivity contribution in [3.05, 3.63) is 100 Å². The fraction of sp³-hybridized carbons (Fsp3) is 0.0741. The number of ether oxygens (including phenoxy) is 1. The number of alkyl halides is 1. The normalized spacial score (nSPS) is 10.5. The molecule has 0 aliphatic carbocycles. The molecular weight excluding hydrogens is 568 g/mol. The van der Waals surface area contributed by atoms with Gasteiger partial charge in [-0.05, 0) is 60.7 Å². The Labute approximate surface area is 234 Å². The number of amides is 1. The number of hydrogen-bond acceptors (Lipinski definition) is 8. The maximum absolute atomic E-state index is 14.1. The number of rotatable bonds is 7. The number of primary amides is 1. The van der Waals surface area contributed by atoms with Crippen molar-refractivity contribution in [3.8, 4) is 38.4 Å². The predicted molar refractivity (Wildman–Crippen MR) is 147 cm³/mol. The largest absolute Gasteiger partial charge is 0.508 e. The van der Waals surface area contributed by atoms with Gasteiger partial charge in [-0.25, -0.2) is 18.7 Å². The molecule has 0 fully saturated rings. The molecule has 3 aromatic carbocycles. The zero-order valence-corrected chi connectivity index (χ0v) is 22.4. The zero-order valence-electron chi connectivity index (χ0n) is 20.0. The first-order valence-electron chi connectivity index (χ1n) is 11.2. The van der Waals surface area contributed by atoms with E-state index in [1.165, 1.54) is 11.3 Å². The first-order valence-corrected chi connectivity index (χ1v) is 13.5. The van der Waals surface area contributed by atoms with Crippen LogP contribution in [0.5, 0.6) is 17.2 Å². The summed E-state index contributed by atoms with van der Waals surface area (Å²) in [6.07, 6.45) is 0. The number of benzene rings is 3. The van der Waals surface area contributed by atoms with Crippen LogP contribution in [0, 0.1) is 11.6 Å². The Kier molecular flexibility index (Phi) is 9.07. The molecule has 4 N–H and O–H groups in total. The van der Waals surface area contributed by atoms with Crippen molar-refractivity contribution in [2.24, 2.45) is 5.73 Å². The van der Waals surface area contributed by atoms with Crippen LogP contribution in [-0.2, 0) is 12.5 Å². The van der Waals surface area contributed by atoms with Crippen molar-refractivity contribution in [2.75, 3.05) is 0 Å². The number of nitrogens with zero attached hydrogens (tertiary/aromatic N) is 2. The second-order valence-corrected chi connectivity index (χ2v) is 9.89. The highest BCUT2D eigenvalue weighted by Crippen LogP contribution is 2.28. The number of halogens is 3. The Bertz CT molecular complexity index is 1580. The second-order valence-electron chi connectivity index (χ2n) is 7.90. The molecule has 5 aromatic rings. The van der Waals surface area contributed by atoms with Crippen molar-refractivity contribution in [1.29, 1.82) is 0 Å². The summed E-state index contributed by atoms with van der Waals surface area (Å²) in [7, 11) is 0. The molecule has 0 saturated heterocycles. The van der Waals surface area contributed by atoms with Crippen LogP contribution in [0.15, 0.2) is 71.4 Å². The minimum atomic E-state index is -1.20. The lowest BCUT2D eigenvalue weighted by Gasteiger charge is -2.08. The smallest absolute Gasteiger partial charge is 0.254 e. The second kappa shape index (κ2) is 12.7. The first-order chi connectivity index (χ1) is 18.7. The molecule has 12 heteroatoms. The van der Waals surface area contributed by atoms with Crippen LogP contribution in [0.2, 0.25) is 0 Å². The van der Waals surface area contributed by atoms with Crippen LogP contribution in [-0.4, -0.2) is 26.1 Å². The van der Waals surface area contributed by atoms with Gasteiger partial charge >= 0.3 is 0 Å². The molecule has 2 heterocycles. The zero-order chi connectivity index (χ0) is 27.9. The highest BCUT2D eigenvalue weighted by molar-refractivity contribution is 7.13. The third kappa shape index (κ3) is 7.08. The van der Waals surface area contributed by atoms with Gasteiger partial charge in [0.25, 0.3) is 5.91 Å². The highest BCUT2D eigenvalue weighted by Gasteiger charge is 2.19. The average Bonchev–Trinajstić information content (AvgIpc) is 3.60. The molecular formula is C27H20ClF2N3O4S2. The lowest BCUT2D eigenvalue weighted by Crippen LogP contribution is -2.16. The number of aromatic nitrogens is 2. The summed E-state index contributed by atoms with van der Waals surface area (Å²) in [6.45, 7) is -0.0602. The molecule has 0 radical (unpaired) electrons.